The summed E-state index contributed by atoms with van der Waals surface area (Å²) in [6.45, 7) is 4.59. The van der Waals surface area contributed by atoms with Crippen LogP contribution in [-0.2, 0) is 24.3 Å². The molecule has 1 amide bonds. The first-order chi connectivity index (χ1) is 15.1. The van der Waals surface area contributed by atoms with E-state index in [0.29, 0.717) is 10.6 Å². The van der Waals surface area contributed by atoms with Crippen molar-refractivity contribution in [1.29, 1.82) is 5.26 Å². The van der Waals surface area contributed by atoms with Gasteiger partial charge in [0.05, 0.1) is 11.3 Å². The molecule has 156 valence electrons. The summed E-state index contributed by atoms with van der Waals surface area (Å²) in [6.07, 6.45) is 0.844. The van der Waals surface area contributed by atoms with Crippen molar-refractivity contribution in [1.82, 2.24) is 9.88 Å². The zero-order chi connectivity index (χ0) is 21.6. The Hall–Kier alpha value is -3.14. The van der Waals surface area contributed by atoms with E-state index in [9.17, 15) is 10.1 Å². The molecule has 1 aliphatic heterocycles. The van der Waals surface area contributed by atoms with Crippen LogP contribution in [0.4, 0.5) is 5.69 Å². The van der Waals surface area contributed by atoms with Crippen LogP contribution >= 0.6 is 11.8 Å². The fourth-order valence-electron chi connectivity index (χ4n) is 3.73. The minimum atomic E-state index is -0.104. The Morgan fingerprint density at radius 3 is 2.81 bits per heavy atom. The SMILES string of the molecule is Cc1cccc(NC(=O)CSc2nc3c(cc2C#N)CN(Cc2ccccc2)CC3)c1. The Balaban J connectivity index is 1.41. The number of amides is 1. The van der Waals surface area contributed by atoms with Crippen LogP contribution in [0.5, 0.6) is 0 Å². The molecule has 1 N–H and O–H groups in total. The molecule has 0 unspecified atom stereocenters. The standard InChI is InChI=1S/C25H24N4OS/c1-18-6-5-9-22(12-18)27-24(30)17-31-25-20(14-26)13-21-16-29(11-10-23(21)28-25)15-19-7-3-2-4-8-19/h2-9,12-13H,10-11,15-17H2,1H3,(H,27,30). The molecular formula is C25H24N4OS. The van der Waals surface area contributed by atoms with Gasteiger partial charge in [-0.1, -0.05) is 54.2 Å². The minimum absolute atomic E-state index is 0.104. The fourth-order valence-corrected chi connectivity index (χ4v) is 4.51. The number of fused-ring (bicyclic) bond motifs is 1. The smallest absolute Gasteiger partial charge is 0.234 e. The maximum absolute atomic E-state index is 12.4. The number of nitriles is 1. The number of carbonyl (C=O) groups excluding carboxylic acids is 1. The lowest BCUT2D eigenvalue weighted by Gasteiger charge is -2.28. The molecular weight excluding hydrogens is 404 g/mol. The van der Waals surface area contributed by atoms with Gasteiger partial charge in [-0.3, -0.25) is 9.69 Å². The largest absolute Gasteiger partial charge is 0.325 e. The van der Waals surface area contributed by atoms with E-state index < -0.39 is 0 Å². The molecule has 0 saturated heterocycles. The summed E-state index contributed by atoms with van der Waals surface area (Å²) in [6, 6.07) is 22.3. The van der Waals surface area contributed by atoms with E-state index in [4.69, 9.17) is 4.98 Å². The minimum Gasteiger partial charge on any atom is -0.325 e. The summed E-state index contributed by atoms with van der Waals surface area (Å²) in [4.78, 5) is 19.5. The van der Waals surface area contributed by atoms with Crippen LogP contribution < -0.4 is 5.32 Å². The molecule has 0 saturated carbocycles. The van der Waals surface area contributed by atoms with Gasteiger partial charge in [0.1, 0.15) is 11.1 Å². The van der Waals surface area contributed by atoms with Gasteiger partial charge in [-0.25, -0.2) is 4.98 Å². The predicted molar refractivity (Wildman–Crippen MR) is 124 cm³/mol. The van der Waals surface area contributed by atoms with Gasteiger partial charge in [0.25, 0.3) is 0 Å². The Morgan fingerprint density at radius 1 is 1.19 bits per heavy atom. The second-order valence-electron chi connectivity index (χ2n) is 7.71. The van der Waals surface area contributed by atoms with E-state index in [1.807, 2.05) is 43.3 Å². The third-order valence-corrected chi connectivity index (χ3v) is 6.22. The highest BCUT2D eigenvalue weighted by atomic mass is 32.2. The summed E-state index contributed by atoms with van der Waals surface area (Å²) in [5, 5.41) is 13.2. The number of nitrogens with one attached hydrogen (secondary N) is 1. The molecule has 0 bridgehead atoms. The molecule has 2 aromatic carbocycles. The van der Waals surface area contributed by atoms with Crippen molar-refractivity contribution in [3.05, 3.63) is 88.6 Å². The number of thioether (sulfide) groups is 1. The van der Waals surface area contributed by atoms with Crippen LogP contribution in [0.25, 0.3) is 0 Å². The molecule has 31 heavy (non-hydrogen) atoms. The van der Waals surface area contributed by atoms with E-state index in [2.05, 4.69) is 40.6 Å². The van der Waals surface area contributed by atoms with Crippen LogP contribution in [0.1, 0.15) is 27.9 Å². The van der Waals surface area contributed by atoms with E-state index in [-0.39, 0.29) is 11.7 Å². The number of benzene rings is 2. The van der Waals surface area contributed by atoms with Crippen LogP contribution in [-0.4, -0.2) is 28.1 Å². The van der Waals surface area contributed by atoms with Crippen LogP contribution in [0.3, 0.4) is 0 Å². The lowest BCUT2D eigenvalue weighted by molar-refractivity contribution is -0.113. The molecule has 0 fully saturated rings. The third-order valence-electron chi connectivity index (χ3n) is 5.23. The van der Waals surface area contributed by atoms with Gasteiger partial charge in [-0.15, -0.1) is 0 Å². The highest BCUT2D eigenvalue weighted by molar-refractivity contribution is 8.00. The van der Waals surface area contributed by atoms with Crippen molar-refractivity contribution in [2.24, 2.45) is 0 Å². The van der Waals surface area contributed by atoms with E-state index in [1.54, 1.807) is 0 Å². The summed E-state index contributed by atoms with van der Waals surface area (Å²) >= 11 is 1.32. The summed E-state index contributed by atoms with van der Waals surface area (Å²) < 4.78 is 0. The van der Waals surface area contributed by atoms with Crippen LogP contribution in [0.2, 0.25) is 0 Å². The molecule has 0 aliphatic carbocycles. The number of rotatable bonds is 6. The lowest BCUT2D eigenvalue weighted by atomic mass is 10.0. The molecule has 5 nitrogen and oxygen atoms in total. The van der Waals surface area contributed by atoms with Gasteiger partial charge in [-0.05, 0) is 41.8 Å². The normalized spacial score (nSPS) is 13.3. The summed E-state index contributed by atoms with van der Waals surface area (Å²) in [7, 11) is 0. The number of carbonyl (C=O) groups is 1. The summed E-state index contributed by atoms with van der Waals surface area (Å²) in [5.41, 5.74) is 5.83. The Bertz CT molecular complexity index is 1120. The van der Waals surface area contributed by atoms with Gasteiger partial charge < -0.3 is 5.32 Å². The first kappa shape index (κ1) is 21.1. The molecule has 0 atom stereocenters. The average Bonchev–Trinajstić information content (AvgIpc) is 2.78. The molecule has 3 aromatic rings. The number of hydrogen-bond donors (Lipinski definition) is 1. The quantitative estimate of drug-likeness (QED) is 0.583. The highest BCUT2D eigenvalue weighted by Crippen LogP contribution is 2.27. The topological polar surface area (TPSA) is 69.0 Å². The maximum atomic E-state index is 12.4. The van der Waals surface area contributed by atoms with E-state index in [1.165, 1.54) is 17.3 Å². The van der Waals surface area contributed by atoms with Crippen molar-refractivity contribution in [3.63, 3.8) is 0 Å². The van der Waals surface area contributed by atoms with E-state index >= 15 is 0 Å². The van der Waals surface area contributed by atoms with Gasteiger partial charge in [0.15, 0.2) is 0 Å². The van der Waals surface area contributed by atoms with Gasteiger partial charge in [0.2, 0.25) is 5.91 Å². The number of hydrogen-bond acceptors (Lipinski definition) is 5. The molecule has 2 heterocycles. The Labute approximate surface area is 187 Å². The van der Waals surface area contributed by atoms with Gasteiger partial charge in [-0.2, -0.15) is 5.26 Å². The molecule has 1 aromatic heterocycles. The Kier molecular flexibility index (Phi) is 6.66. The second kappa shape index (κ2) is 9.78. The van der Waals surface area contributed by atoms with Crippen molar-refractivity contribution >= 4 is 23.4 Å². The molecule has 0 spiro atoms. The number of anilines is 1. The first-order valence-corrected chi connectivity index (χ1v) is 11.3. The predicted octanol–water partition coefficient (Wildman–Crippen LogP) is 4.55. The van der Waals surface area contributed by atoms with Crippen LogP contribution in [0, 0.1) is 18.3 Å². The van der Waals surface area contributed by atoms with Crippen molar-refractivity contribution in [3.8, 4) is 6.07 Å². The zero-order valence-corrected chi connectivity index (χ0v) is 18.3. The van der Waals surface area contributed by atoms with Gasteiger partial charge >= 0.3 is 0 Å². The molecule has 6 heteroatoms. The average molecular weight is 429 g/mol. The van der Waals surface area contributed by atoms with Gasteiger partial charge in [0, 0.05) is 37.4 Å². The highest BCUT2D eigenvalue weighted by Gasteiger charge is 2.20. The lowest BCUT2D eigenvalue weighted by Crippen LogP contribution is -2.31. The number of aromatic nitrogens is 1. The number of nitrogens with zero attached hydrogens (tertiary/aromatic N) is 3. The third kappa shape index (κ3) is 5.52. The zero-order valence-electron chi connectivity index (χ0n) is 17.5. The number of aryl methyl sites for hydroxylation is 1. The van der Waals surface area contributed by atoms with E-state index in [0.717, 1.165) is 48.6 Å². The van der Waals surface area contributed by atoms with Crippen LogP contribution in [0.15, 0.2) is 65.7 Å². The first-order valence-electron chi connectivity index (χ1n) is 10.3. The van der Waals surface area contributed by atoms with Crippen molar-refractivity contribution < 1.29 is 4.79 Å². The number of pyridine rings is 1. The van der Waals surface area contributed by atoms with Crippen molar-refractivity contribution in [2.45, 2.75) is 31.5 Å². The summed E-state index contributed by atoms with van der Waals surface area (Å²) in [5.74, 6) is 0.113. The Morgan fingerprint density at radius 2 is 2.03 bits per heavy atom. The second-order valence-corrected chi connectivity index (χ2v) is 8.68. The molecule has 1 aliphatic rings. The monoisotopic (exact) mass is 428 g/mol. The van der Waals surface area contributed by atoms with Crippen molar-refractivity contribution in [2.75, 3.05) is 17.6 Å². The molecule has 4 rings (SSSR count). The fraction of sp³-hybridized carbons (Fsp3) is 0.240. The maximum Gasteiger partial charge on any atom is 0.234 e. The molecule has 0 radical (unpaired) electrons.